The molecule has 3 aromatic rings. The van der Waals surface area contributed by atoms with Crippen LogP contribution in [0.1, 0.15) is 50.3 Å². The molecule has 1 aromatic carbocycles. The van der Waals surface area contributed by atoms with Crippen molar-refractivity contribution >= 4 is 23.4 Å². The Kier molecular flexibility index (Phi) is 5.16. The lowest BCUT2D eigenvalue weighted by atomic mass is 9.86. The number of benzene rings is 1. The maximum absolute atomic E-state index is 13.9. The number of fused-ring (bicyclic) bond motifs is 2. The standard InChI is InChI=1S/C25H21ClF2N4O2/c1-15-18(9-10-21(30-15)24(2,27)28)22(33)31-12-13-32-23(34)19-4-3-11-29-20(19)14-25(31,32)16-5-7-17(26)8-6-16/h3-11H,12-14H2,1-2H3. The van der Waals surface area contributed by atoms with Gasteiger partial charge in [0.1, 0.15) is 11.4 Å². The normalized spacial score (nSPS) is 19.7. The van der Waals surface area contributed by atoms with E-state index in [1.54, 1.807) is 52.4 Å². The van der Waals surface area contributed by atoms with Crippen LogP contribution in [0.5, 0.6) is 0 Å². The van der Waals surface area contributed by atoms with Crippen molar-refractivity contribution in [3.63, 3.8) is 0 Å². The molecule has 0 radical (unpaired) electrons. The topological polar surface area (TPSA) is 66.4 Å². The number of alkyl halides is 2. The fourth-order valence-corrected chi connectivity index (χ4v) is 5.03. The largest absolute Gasteiger partial charge is 0.309 e. The van der Waals surface area contributed by atoms with E-state index in [-0.39, 0.29) is 29.6 Å². The SMILES string of the molecule is Cc1nc(C(C)(F)F)ccc1C(=O)N1CCN2C(=O)c3cccnc3CC12c1ccc(Cl)cc1. The number of rotatable bonds is 3. The monoisotopic (exact) mass is 482 g/mol. The van der Waals surface area contributed by atoms with Crippen LogP contribution in [0.15, 0.2) is 54.7 Å². The number of carbonyl (C=O) groups excluding carboxylic acids is 2. The molecule has 0 N–H and O–H groups in total. The molecule has 2 aromatic heterocycles. The highest BCUT2D eigenvalue weighted by atomic mass is 35.5. The molecule has 2 aliphatic heterocycles. The molecule has 1 saturated heterocycles. The summed E-state index contributed by atoms with van der Waals surface area (Å²) in [6.07, 6.45) is 1.91. The summed E-state index contributed by atoms with van der Waals surface area (Å²) in [4.78, 5) is 39.1. The highest BCUT2D eigenvalue weighted by Crippen LogP contribution is 2.45. The van der Waals surface area contributed by atoms with Crippen LogP contribution in [0.2, 0.25) is 5.02 Å². The molecule has 9 heteroatoms. The second-order valence-corrected chi connectivity index (χ2v) is 9.07. The summed E-state index contributed by atoms with van der Waals surface area (Å²) >= 11 is 6.13. The van der Waals surface area contributed by atoms with E-state index in [1.807, 2.05) is 0 Å². The molecule has 34 heavy (non-hydrogen) atoms. The summed E-state index contributed by atoms with van der Waals surface area (Å²) in [5.41, 5.74) is 0.706. The Morgan fingerprint density at radius 2 is 1.85 bits per heavy atom. The van der Waals surface area contributed by atoms with Crippen molar-refractivity contribution in [3.05, 3.63) is 93.5 Å². The fourth-order valence-electron chi connectivity index (χ4n) is 4.91. The van der Waals surface area contributed by atoms with Crippen LogP contribution in [0, 0.1) is 6.92 Å². The van der Waals surface area contributed by atoms with Crippen LogP contribution in [-0.4, -0.2) is 44.7 Å². The predicted molar refractivity (Wildman–Crippen MR) is 122 cm³/mol. The molecule has 5 rings (SSSR count). The Morgan fingerprint density at radius 3 is 2.53 bits per heavy atom. The first-order valence-corrected chi connectivity index (χ1v) is 11.2. The van der Waals surface area contributed by atoms with Crippen LogP contribution in [0.4, 0.5) is 8.78 Å². The molecule has 0 aliphatic carbocycles. The lowest BCUT2D eigenvalue weighted by molar-refractivity contribution is 0.00625. The van der Waals surface area contributed by atoms with Crippen LogP contribution in [0.25, 0.3) is 0 Å². The van der Waals surface area contributed by atoms with Gasteiger partial charge in [-0.3, -0.25) is 19.6 Å². The van der Waals surface area contributed by atoms with Gasteiger partial charge in [-0.05, 0) is 48.9 Å². The molecule has 2 amide bonds. The molecule has 6 nitrogen and oxygen atoms in total. The summed E-state index contributed by atoms with van der Waals surface area (Å²) in [5, 5.41) is 0.527. The maximum atomic E-state index is 13.9. The third-order valence-corrected chi connectivity index (χ3v) is 6.79. The highest BCUT2D eigenvalue weighted by molar-refractivity contribution is 6.30. The van der Waals surface area contributed by atoms with Crippen molar-refractivity contribution in [3.8, 4) is 0 Å². The zero-order valence-corrected chi connectivity index (χ0v) is 19.3. The lowest BCUT2D eigenvalue weighted by Crippen LogP contribution is -2.58. The molecule has 0 saturated carbocycles. The van der Waals surface area contributed by atoms with Crippen LogP contribution >= 0.6 is 11.6 Å². The first-order valence-electron chi connectivity index (χ1n) is 10.8. The minimum Gasteiger partial charge on any atom is -0.309 e. The average molecular weight is 483 g/mol. The van der Waals surface area contributed by atoms with Gasteiger partial charge in [0, 0.05) is 37.7 Å². The number of nitrogens with zero attached hydrogens (tertiary/aromatic N) is 4. The fraction of sp³-hybridized carbons (Fsp3) is 0.280. The van der Waals surface area contributed by atoms with Crippen molar-refractivity contribution in [1.29, 1.82) is 0 Å². The highest BCUT2D eigenvalue weighted by Gasteiger charge is 2.56. The summed E-state index contributed by atoms with van der Waals surface area (Å²) < 4.78 is 27.5. The Balaban J connectivity index is 1.65. The van der Waals surface area contributed by atoms with Gasteiger partial charge in [-0.2, -0.15) is 8.78 Å². The first-order chi connectivity index (χ1) is 16.1. The van der Waals surface area contributed by atoms with Gasteiger partial charge in [0.25, 0.3) is 17.7 Å². The van der Waals surface area contributed by atoms with E-state index < -0.39 is 17.3 Å². The molecular formula is C25H21ClF2N4O2. The zero-order chi connectivity index (χ0) is 24.3. The second kappa shape index (κ2) is 7.84. The summed E-state index contributed by atoms with van der Waals surface area (Å²) in [7, 11) is 0. The molecule has 1 fully saturated rings. The first kappa shape index (κ1) is 22.4. The zero-order valence-electron chi connectivity index (χ0n) is 18.6. The predicted octanol–water partition coefficient (Wildman–Crippen LogP) is 4.56. The van der Waals surface area contributed by atoms with E-state index in [1.165, 1.54) is 19.1 Å². The Bertz CT molecular complexity index is 1310. The van der Waals surface area contributed by atoms with E-state index >= 15 is 0 Å². The van der Waals surface area contributed by atoms with Gasteiger partial charge in [0.15, 0.2) is 0 Å². The van der Waals surface area contributed by atoms with E-state index in [4.69, 9.17) is 11.6 Å². The van der Waals surface area contributed by atoms with Crippen molar-refractivity contribution in [2.45, 2.75) is 31.9 Å². The van der Waals surface area contributed by atoms with Gasteiger partial charge < -0.3 is 9.80 Å². The Labute approximate surface area is 200 Å². The molecule has 1 unspecified atom stereocenters. The Hall–Kier alpha value is -3.39. The number of pyridine rings is 2. The number of amides is 2. The van der Waals surface area contributed by atoms with E-state index in [0.29, 0.717) is 29.2 Å². The number of hydrogen-bond donors (Lipinski definition) is 0. The summed E-state index contributed by atoms with van der Waals surface area (Å²) in [5.74, 6) is -3.72. The van der Waals surface area contributed by atoms with Gasteiger partial charge in [-0.25, -0.2) is 0 Å². The van der Waals surface area contributed by atoms with Gasteiger partial charge >= 0.3 is 0 Å². The van der Waals surface area contributed by atoms with E-state index in [9.17, 15) is 18.4 Å². The van der Waals surface area contributed by atoms with Crippen LogP contribution in [0.3, 0.4) is 0 Å². The molecule has 4 heterocycles. The molecule has 174 valence electrons. The average Bonchev–Trinajstić information content (AvgIpc) is 3.19. The lowest BCUT2D eigenvalue weighted by Gasteiger charge is -2.47. The van der Waals surface area contributed by atoms with Crippen molar-refractivity contribution in [2.24, 2.45) is 0 Å². The van der Waals surface area contributed by atoms with Gasteiger partial charge in [0.2, 0.25) is 0 Å². The third kappa shape index (κ3) is 3.36. The van der Waals surface area contributed by atoms with Crippen LogP contribution < -0.4 is 0 Å². The molecule has 0 spiro atoms. The van der Waals surface area contributed by atoms with Crippen molar-refractivity contribution in [1.82, 2.24) is 19.8 Å². The summed E-state index contributed by atoms with van der Waals surface area (Å²) in [6, 6.07) is 13.0. The second-order valence-electron chi connectivity index (χ2n) is 8.63. The number of aryl methyl sites for hydroxylation is 1. The van der Waals surface area contributed by atoms with E-state index in [0.717, 1.165) is 12.5 Å². The van der Waals surface area contributed by atoms with Crippen molar-refractivity contribution < 1.29 is 18.4 Å². The smallest absolute Gasteiger partial charge is 0.286 e. The third-order valence-electron chi connectivity index (χ3n) is 6.54. The van der Waals surface area contributed by atoms with Gasteiger partial charge in [-0.1, -0.05) is 23.7 Å². The van der Waals surface area contributed by atoms with Gasteiger partial charge in [0.05, 0.1) is 22.5 Å². The van der Waals surface area contributed by atoms with Gasteiger partial charge in [-0.15, -0.1) is 0 Å². The summed E-state index contributed by atoms with van der Waals surface area (Å²) in [6.45, 7) is 2.89. The van der Waals surface area contributed by atoms with E-state index in [2.05, 4.69) is 9.97 Å². The molecular weight excluding hydrogens is 462 g/mol. The maximum Gasteiger partial charge on any atom is 0.286 e. The van der Waals surface area contributed by atoms with Crippen LogP contribution in [-0.2, 0) is 18.0 Å². The molecule has 1 atom stereocenters. The minimum atomic E-state index is -3.12. The quantitative estimate of drug-likeness (QED) is 0.549. The van der Waals surface area contributed by atoms with Crippen molar-refractivity contribution in [2.75, 3.05) is 13.1 Å². The molecule has 0 bridgehead atoms. The minimum absolute atomic E-state index is 0.203. The molecule has 2 aliphatic rings. The number of halogens is 3. The number of hydrogen-bond acceptors (Lipinski definition) is 4. The number of carbonyl (C=O) groups is 2. The Morgan fingerprint density at radius 1 is 1.12 bits per heavy atom. The number of aromatic nitrogens is 2.